The standard InChI is InChI=1S/C30H25Cl3N4O/c31-25-7-2-1-6-22(25)23-13-21(20-10-12-36(18-20)17-19-5-4-11-34-15-19)14-28-24(23)16-35-30(38)37(28)29-26(32)8-3-9-27(29)33/h1-9,11,13-15,20H,10,12,16-18H2,(H,35,38). The van der Waals surface area contributed by atoms with Crippen molar-refractivity contribution < 1.29 is 4.79 Å². The van der Waals surface area contributed by atoms with Gasteiger partial charge in [-0.1, -0.05) is 71.2 Å². The van der Waals surface area contributed by atoms with E-state index in [1.807, 2.05) is 36.5 Å². The van der Waals surface area contributed by atoms with Gasteiger partial charge >= 0.3 is 6.03 Å². The number of amides is 2. The van der Waals surface area contributed by atoms with E-state index in [2.05, 4.69) is 33.4 Å². The predicted octanol–water partition coefficient (Wildman–Crippen LogP) is 8.06. The Hall–Kier alpha value is -3.09. The molecule has 6 rings (SSSR count). The van der Waals surface area contributed by atoms with Crippen LogP contribution in [0.4, 0.5) is 16.2 Å². The molecule has 2 aliphatic rings. The first-order valence-corrected chi connectivity index (χ1v) is 13.7. The van der Waals surface area contributed by atoms with Crippen LogP contribution in [-0.4, -0.2) is 29.0 Å². The smallest absolute Gasteiger partial charge is 0.326 e. The lowest BCUT2D eigenvalue weighted by Crippen LogP contribution is -2.41. The minimum Gasteiger partial charge on any atom is -0.333 e. The van der Waals surface area contributed by atoms with Crippen LogP contribution < -0.4 is 10.2 Å². The van der Waals surface area contributed by atoms with Gasteiger partial charge in [0.2, 0.25) is 0 Å². The van der Waals surface area contributed by atoms with Crippen LogP contribution in [0.5, 0.6) is 0 Å². The van der Waals surface area contributed by atoms with Crippen molar-refractivity contribution in [1.29, 1.82) is 0 Å². The van der Waals surface area contributed by atoms with Crippen molar-refractivity contribution >= 4 is 52.2 Å². The number of likely N-dealkylation sites (tertiary alicyclic amines) is 1. The first kappa shape index (κ1) is 25.2. The molecule has 1 aromatic heterocycles. The van der Waals surface area contributed by atoms with Gasteiger partial charge in [0.15, 0.2) is 0 Å². The van der Waals surface area contributed by atoms with Crippen LogP contribution in [0.25, 0.3) is 11.1 Å². The van der Waals surface area contributed by atoms with Gasteiger partial charge in [-0.3, -0.25) is 14.8 Å². The molecule has 1 N–H and O–H groups in total. The zero-order valence-electron chi connectivity index (χ0n) is 20.5. The van der Waals surface area contributed by atoms with Gasteiger partial charge in [-0.25, -0.2) is 4.79 Å². The summed E-state index contributed by atoms with van der Waals surface area (Å²) in [6, 6.07) is 21.3. The molecule has 38 heavy (non-hydrogen) atoms. The Bertz CT molecular complexity index is 1490. The lowest BCUT2D eigenvalue weighted by Gasteiger charge is -2.33. The predicted molar refractivity (Wildman–Crippen MR) is 155 cm³/mol. The number of hydrogen-bond acceptors (Lipinski definition) is 3. The van der Waals surface area contributed by atoms with Crippen LogP contribution in [0.2, 0.25) is 15.1 Å². The number of nitrogens with one attached hydrogen (secondary N) is 1. The molecule has 0 radical (unpaired) electrons. The summed E-state index contributed by atoms with van der Waals surface area (Å²) in [7, 11) is 0. The SMILES string of the molecule is O=C1NCc2c(-c3ccccc3Cl)cc(C3CCN(Cc4cccnc4)C3)cc2N1c1c(Cl)cccc1Cl. The van der Waals surface area contributed by atoms with Gasteiger partial charge < -0.3 is 5.32 Å². The van der Waals surface area contributed by atoms with E-state index in [1.54, 1.807) is 29.3 Å². The zero-order valence-corrected chi connectivity index (χ0v) is 22.8. The quantitative estimate of drug-likeness (QED) is 0.267. The summed E-state index contributed by atoms with van der Waals surface area (Å²) in [6.07, 6.45) is 4.73. The molecule has 1 fully saturated rings. The van der Waals surface area contributed by atoms with Crippen molar-refractivity contribution in [1.82, 2.24) is 15.2 Å². The van der Waals surface area contributed by atoms with Crippen molar-refractivity contribution in [3.8, 4) is 11.1 Å². The highest BCUT2D eigenvalue weighted by Gasteiger charge is 2.33. The second-order valence-electron chi connectivity index (χ2n) is 9.69. The van der Waals surface area contributed by atoms with E-state index in [9.17, 15) is 4.79 Å². The van der Waals surface area contributed by atoms with E-state index >= 15 is 0 Å². The Balaban J connectivity index is 1.46. The molecule has 0 saturated carbocycles. The highest BCUT2D eigenvalue weighted by molar-refractivity contribution is 6.40. The van der Waals surface area contributed by atoms with Crippen LogP contribution in [0.1, 0.15) is 29.0 Å². The lowest BCUT2D eigenvalue weighted by molar-refractivity contribution is 0.247. The molecule has 2 aliphatic heterocycles. The number of pyridine rings is 1. The van der Waals surface area contributed by atoms with E-state index in [4.69, 9.17) is 34.8 Å². The number of fused-ring (bicyclic) bond motifs is 1. The molecule has 0 bridgehead atoms. The number of hydrogen-bond donors (Lipinski definition) is 1. The number of aromatic nitrogens is 1. The summed E-state index contributed by atoms with van der Waals surface area (Å²) < 4.78 is 0. The third kappa shape index (κ3) is 4.76. The van der Waals surface area contributed by atoms with E-state index in [1.165, 1.54) is 5.56 Å². The number of rotatable bonds is 5. The lowest BCUT2D eigenvalue weighted by atomic mass is 9.88. The molecule has 3 heterocycles. The second-order valence-corrected chi connectivity index (χ2v) is 10.9. The number of para-hydroxylation sites is 1. The van der Waals surface area contributed by atoms with E-state index in [0.717, 1.165) is 54.0 Å². The summed E-state index contributed by atoms with van der Waals surface area (Å²) in [6.45, 7) is 3.13. The molecule has 2 amide bonds. The maximum Gasteiger partial charge on any atom is 0.326 e. The van der Waals surface area contributed by atoms with Gasteiger partial charge in [-0.2, -0.15) is 0 Å². The molecule has 192 valence electrons. The molecule has 8 heteroatoms. The molecule has 3 aromatic carbocycles. The van der Waals surface area contributed by atoms with Crippen molar-refractivity contribution in [2.75, 3.05) is 18.0 Å². The molecular weight excluding hydrogens is 539 g/mol. The van der Waals surface area contributed by atoms with Gasteiger partial charge in [0.1, 0.15) is 0 Å². The Morgan fingerprint density at radius 1 is 0.921 bits per heavy atom. The van der Waals surface area contributed by atoms with Crippen LogP contribution in [0, 0.1) is 0 Å². The van der Waals surface area contributed by atoms with Gasteiger partial charge in [0, 0.05) is 48.2 Å². The molecule has 1 atom stereocenters. The summed E-state index contributed by atoms with van der Waals surface area (Å²) in [5.74, 6) is 0.298. The first-order valence-electron chi connectivity index (χ1n) is 12.5. The minimum atomic E-state index is -0.264. The van der Waals surface area contributed by atoms with E-state index < -0.39 is 0 Å². The van der Waals surface area contributed by atoms with Crippen molar-refractivity contribution in [2.45, 2.75) is 25.4 Å². The monoisotopic (exact) mass is 562 g/mol. The van der Waals surface area contributed by atoms with Crippen molar-refractivity contribution in [2.24, 2.45) is 0 Å². The normalized spacial score (nSPS) is 17.4. The third-order valence-corrected chi connectivity index (χ3v) is 8.25. The van der Waals surface area contributed by atoms with Gasteiger partial charge in [-0.15, -0.1) is 0 Å². The number of anilines is 2. The van der Waals surface area contributed by atoms with Crippen LogP contribution in [-0.2, 0) is 13.1 Å². The summed E-state index contributed by atoms with van der Waals surface area (Å²) in [5, 5.41) is 4.49. The largest absolute Gasteiger partial charge is 0.333 e. The van der Waals surface area contributed by atoms with E-state index in [-0.39, 0.29) is 6.03 Å². The Labute approximate surface area is 237 Å². The van der Waals surface area contributed by atoms with Crippen molar-refractivity contribution in [3.63, 3.8) is 0 Å². The Morgan fingerprint density at radius 3 is 2.47 bits per heavy atom. The average molecular weight is 564 g/mol. The van der Waals surface area contributed by atoms with Crippen molar-refractivity contribution in [3.05, 3.63) is 111 Å². The van der Waals surface area contributed by atoms with Crippen LogP contribution >= 0.6 is 34.8 Å². The maximum atomic E-state index is 13.3. The topological polar surface area (TPSA) is 48.5 Å². The molecule has 4 aromatic rings. The molecule has 1 unspecified atom stereocenters. The fourth-order valence-corrected chi connectivity index (χ4v) is 6.30. The molecule has 0 aliphatic carbocycles. The van der Waals surface area contributed by atoms with Gasteiger partial charge in [0.25, 0.3) is 0 Å². The highest BCUT2D eigenvalue weighted by atomic mass is 35.5. The molecular formula is C30H25Cl3N4O. The number of carbonyl (C=O) groups is 1. The highest BCUT2D eigenvalue weighted by Crippen LogP contribution is 2.46. The van der Waals surface area contributed by atoms with Gasteiger partial charge in [-0.05, 0) is 65.9 Å². The maximum absolute atomic E-state index is 13.3. The second kappa shape index (κ2) is 10.6. The minimum absolute atomic E-state index is 0.264. The fourth-order valence-electron chi connectivity index (χ4n) is 5.49. The van der Waals surface area contributed by atoms with Crippen LogP contribution in [0.3, 0.4) is 0 Å². The van der Waals surface area contributed by atoms with Crippen LogP contribution in [0.15, 0.2) is 79.1 Å². The molecule has 5 nitrogen and oxygen atoms in total. The van der Waals surface area contributed by atoms with Gasteiger partial charge in [0.05, 0.1) is 21.4 Å². The Kier molecular flexibility index (Phi) is 7.02. The summed E-state index contributed by atoms with van der Waals surface area (Å²) in [4.78, 5) is 21.6. The fraction of sp³-hybridized carbons (Fsp3) is 0.200. The number of nitrogens with zero attached hydrogens (tertiary/aromatic N) is 3. The average Bonchev–Trinajstić information content (AvgIpc) is 3.38. The molecule has 1 saturated heterocycles. The number of halogens is 3. The number of urea groups is 1. The zero-order chi connectivity index (χ0) is 26.2. The number of benzene rings is 3. The summed E-state index contributed by atoms with van der Waals surface area (Å²) in [5.41, 5.74) is 6.52. The first-order chi connectivity index (χ1) is 18.5. The number of carbonyl (C=O) groups excluding carboxylic acids is 1. The summed E-state index contributed by atoms with van der Waals surface area (Å²) >= 11 is 19.9. The van der Waals surface area contributed by atoms with E-state index in [0.29, 0.717) is 33.2 Å². The molecule has 0 spiro atoms. The Morgan fingerprint density at radius 2 is 1.71 bits per heavy atom. The third-order valence-electron chi connectivity index (χ3n) is 7.31.